The number of benzene rings is 2. The largest absolute Gasteiger partial charge is 0.497 e. The molecule has 0 heterocycles. The van der Waals surface area contributed by atoms with Crippen LogP contribution >= 0.6 is 0 Å². The van der Waals surface area contributed by atoms with Gasteiger partial charge in [-0.3, -0.25) is 0 Å². The van der Waals surface area contributed by atoms with E-state index in [0.29, 0.717) is 0 Å². The Morgan fingerprint density at radius 2 is 1.74 bits per heavy atom. The van der Waals surface area contributed by atoms with E-state index >= 15 is 0 Å². The molecule has 2 aromatic carbocycles. The average Bonchev–Trinajstić information content (AvgIpc) is 3.29. The fraction of sp³-hybridized carbons (Fsp3) is 0.294. The molecule has 1 fully saturated rings. The summed E-state index contributed by atoms with van der Waals surface area (Å²) in [6.07, 6.45) is 2.46. The van der Waals surface area contributed by atoms with E-state index in [1.165, 1.54) is 29.5 Å². The van der Waals surface area contributed by atoms with Crippen LogP contribution in [0.3, 0.4) is 0 Å². The highest BCUT2D eigenvalue weighted by molar-refractivity contribution is 5.65. The van der Waals surface area contributed by atoms with Crippen LogP contribution in [-0.2, 0) is 5.54 Å². The number of methoxy groups -OCH3 is 1. The third-order valence-corrected chi connectivity index (χ3v) is 4.07. The highest BCUT2D eigenvalue weighted by Crippen LogP contribution is 2.45. The first kappa shape index (κ1) is 12.2. The zero-order chi connectivity index (χ0) is 13.3. The van der Waals surface area contributed by atoms with Gasteiger partial charge in [-0.2, -0.15) is 0 Å². The number of nitrogens with one attached hydrogen (secondary N) is 1. The van der Waals surface area contributed by atoms with Crippen LogP contribution in [0, 0.1) is 0 Å². The first-order chi connectivity index (χ1) is 9.27. The molecule has 3 rings (SSSR count). The lowest BCUT2D eigenvalue weighted by Crippen LogP contribution is -2.24. The molecule has 0 amide bonds. The molecular formula is C17H19NO. The highest BCUT2D eigenvalue weighted by Gasteiger charge is 2.42. The molecule has 0 atom stereocenters. The van der Waals surface area contributed by atoms with Crippen molar-refractivity contribution in [3.05, 3.63) is 54.1 Å². The van der Waals surface area contributed by atoms with Gasteiger partial charge >= 0.3 is 0 Å². The van der Waals surface area contributed by atoms with Crippen molar-refractivity contribution in [2.45, 2.75) is 18.4 Å². The zero-order valence-electron chi connectivity index (χ0n) is 11.4. The quantitative estimate of drug-likeness (QED) is 0.899. The molecule has 2 nitrogen and oxygen atoms in total. The van der Waals surface area contributed by atoms with Gasteiger partial charge in [-0.05, 0) is 54.8 Å². The molecule has 19 heavy (non-hydrogen) atoms. The van der Waals surface area contributed by atoms with Crippen LogP contribution in [0.15, 0.2) is 48.5 Å². The third kappa shape index (κ3) is 2.24. The van der Waals surface area contributed by atoms with Gasteiger partial charge < -0.3 is 10.1 Å². The van der Waals surface area contributed by atoms with Crippen molar-refractivity contribution in [1.82, 2.24) is 5.32 Å². The van der Waals surface area contributed by atoms with Gasteiger partial charge in [-0.25, -0.2) is 0 Å². The predicted molar refractivity (Wildman–Crippen MR) is 78.4 cm³/mol. The van der Waals surface area contributed by atoms with E-state index in [1.807, 2.05) is 19.2 Å². The summed E-state index contributed by atoms with van der Waals surface area (Å²) in [6.45, 7) is 0. The average molecular weight is 253 g/mol. The Hall–Kier alpha value is -1.80. The molecule has 1 N–H and O–H groups in total. The maximum absolute atomic E-state index is 5.20. The molecule has 1 aliphatic carbocycles. The van der Waals surface area contributed by atoms with E-state index < -0.39 is 0 Å². The van der Waals surface area contributed by atoms with Crippen molar-refractivity contribution in [3.8, 4) is 16.9 Å². The van der Waals surface area contributed by atoms with Crippen molar-refractivity contribution in [3.63, 3.8) is 0 Å². The maximum atomic E-state index is 5.20. The number of rotatable bonds is 4. The fourth-order valence-electron chi connectivity index (χ4n) is 2.59. The van der Waals surface area contributed by atoms with Crippen molar-refractivity contribution in [1.29, 1.82) is 0 Å². The SMILES string of the molecule is CNC1(c2cccc(-c3ccc(OC)cc3)c2)CC1. The minimum Gasteiger partial charge on any atom is -0.497 e. The van der Waals surface area contributed by atoms with Gasteiger partial charge in [0.05, 0.1) is 7.11 Å². The summed E-state index contributed by atoms with van der Waals surface area (Å²) >= 11 is 0. The van der Waals surface area contributed by atoms with Crippen LogP contribution < -0.4 is 10.1 Å². The second kappa shape index (κ2) is 4.71. The summed E-state index contributed by atoms with van der Waals surface area (Å²) in [5, 5.41) is 3.45. The molecule has 0 spiro atoms. The summed E-state index contributed by atoms with van der Waals surface area (Å²) in [7, 11) is 3.74. The zero-order valence-corrected chi connectivity index (χ0v) is 11.4. The van der Waals surface area contributed by atoms with Crippen LogP contribution in [0.2, 0.25) is 0 Å². The highest BCUT2D eigenvalue weighted by atomic mass is 16.5. The molecule has 2 heteroatoms. The minimum absolute atomic E-state index is 0.225. The van der Waals surface area contributed by atoms with Gasteiger partial charge in [-0.15, -0.1) is 0 Å². The summed E-state index contributed by atoms with van der Waals surface area (Å²) in [6, 6.07) is 17.1. The van der Waals surface area contributed by atoms with E-state index in [-0.39, 0.29) is 5.54 Å². The third-order valence-electron chi connectivity index (χ3n) is 4.07. The summed E-state index contributed by atoms with van der Waals surface area (Å²) in [4.78, 5) is 0. The molecule has 0 unspecified atom stereocenters. The van der Waals surface area contributed by atoms with E-state index in [1.54, 1.807) is 7.11 Å². The van der Waals surface area contributed by atoms with Gasteiger partial charge in [0.1, 0.15) is 5.75 Å². The van der Waals surface area contributed by atoms with Crippen molar-refractivity contribution in [2.75, 3.05) is 14.2 Å². The molecule has 0 saturated heterocycles. The Kier molecular flexibility index (Phi) is 3.03. The van der Waals surface area contributed by atoms with E-state index in [2.05, 4.69) is 41.7 Å². The lowest BCUT2D eigenvalue weighted by Gasteiger charge is -2.15. The van der Waals surface area contributed by atoms with Crippen LogP contribution in [0.4, 0.5) is 0 Å². The second-order valence-corrected chi connectivity index (χ2v) is 5.14. The summed E-state index contributed by atoms with van der Waals surface area (Å²) < 4.78 is 5.20. The standard InChI is InChI=1S/C17H19NO/c1-18-17(10-11-17)15-5-3-4-14(12-15)13-6-8-16(19-2)9-7-13/h3-9,12,18H,10-11H2,1-2H3. The van der Waals surface area contributed by atoms with Crippen LogP contribution in [-0.4, -0.2) is 14.2 Å². The van der Waals surface area contributed by atoms with E-state index in [9.17, 15) is 0 Å². The van der Waals surface area contributed by atoms with Crippen LogP contribution in [0.1, 0.15) is 18.4 Å². The van der Waals surface area contributed by atoms with Crippen LogP contribution in [0.5, 0.6) is 5.75 Å². The Labute approximate surface area is 114 Å². The molecule has 0 radical (unpaired) electrons. The van der Waals surface area contributed by atoms with Crippen molar-refractivity contribution < 1.29 is 4.74 Å². The number of ether oxygens (including phenoxy) is 1. The Balaban J connectivity index is 1.94. The number of hydrogen-bond donors (Lipinski definition) is 1. The topological polar surface area (TPSA) is 21.3 Å². The molecule has 98 valence electrons. The first-order valence-corrected chi connectivity index (χ1v) is 6.71. The Bertz CT molecular complexity index is 570. The van der Waals surface area contributed by atoms with Gasteiger partial charge in [-0.1, -0.05) is 30.3 Å². The van der Waals surface area contributed by atoms with Crippen molar-refractivity contribution >= 4 is 0 Å². The molecule has 0 bridgehead atoms. The van der Waals surface area contributed by atoms with E-state index in [4.69, 9.17) is 4.74 Å². The minimum atomic E-state index is 0.225. The van der Waals surface area contributed by atoms with Gasteiger partial charge in [0.2, 0.25) is 0 Å². The molecule has 1 aliphatic rings. The van der Waals surface area contributed by atoms with Gasteiger partial charge in [0.15, 0.2) is 0 Å². The molecule has 0 aromatic heterocycles. The smallest absolute Gasteiger partial charge is 0.118 e. The molecule has 0 aliphatic heterocycles. The Morgan fingerprint density at radius 1 is 1.00 bits per heavy atom. The fourth-order valence-corrected chi connectivity index (χ4v) is 2.59. The number of hydrogen-bond acceptors (Lipinski definition) is 2. The first-order valence-electron chi connectivity index (χ1n) is 6.71. The Morgan fingerprint density at radius 3 is 2.32 bits per heavy atom. The second-order valence-electron chi connectivity index (χ2n) is 5.14. The van der Waals surface area contributed by atoms with Crippen LogP contribution in [0.25, 0.3) is 11.1 Å². The predicted octanol–water partition coefficient (Wildman–Crippen LogP) is 3.57. The summed E-state index contributed by atoms with van der Waals surface area (Å²) in [5.41, 5.74) is 4.11. The van der Waals surface area contributed by atoms with Gasteiger partial charge in [0, 0.05) is 5.54 Å². The van der Waals surface area contributed by atoms with E-state index in [0.717, 1.165) is 5.75 Å². The molecule has 1 saturated carbocycles. The normalized spacial score (nSPS) is 16.1. The summed E-state index contributed by atoms with van der Waals surface area (Å²) in [5.74, 6) is 0.897. The molecular weight excluding hydrogens is 234 g/mol. The lowest BCUT2D eigenvalue weighted by molar-refractivity contribution is 0.415. The van der Waals surface area contributed by atoms with Gasteiger partial charge in [0.25, 0.3) is 0 Å². The lowest BCUT2D eigenvalue weighted by atomic mass is 9.98. The maximum Gasteiger partial charge on any atom is 0.118 e. The van der Waals surface area contributed by atoms with Crippen molar-refractivity contribution in [2.24, 2.45) is 0 Å². The molecule has 2 aromatic rings. The monoisotopic (exact) mass is 253 g/mol.